The van der Waals surface area contributed by atoms with Crippen LogP contribution < -0.4 is 0 Å². The van der Waals surface area contributed by atoms with Crippen LogP contribution >= 0.6 is 11.3 Å². The lowest BCUT2D eigenvalue weighted by molar-refractivity contribution is -0.136. The molecule has 2 aromatic rings. The smallest absolute Gasteiger partial charge is 0.307 e. The fourth-order valence-corrected chi connectivity index (χ4v) is 2.68. The molecule has 0 amide bonds. The Balaban J connectivity index is 2.26. The van der Waals surface area contributed by atoms with E-state index in [0.29, 0.717) is 17.8 Å². The van der Waals surface area contributed by atoms with E-state index >= 15 is 0 Å². The first kappa shape index (κ1) is 13.6. The number of aromatic nitrogens is 3. The number of thiazole rings is 1. The van der Waals surface area contributed by atoms with Crippen LogP contribution in [0.3, 0.4) is 0 Å². The third-order valence-corrected chi connectivity index (χ3v) is 3.74. The second-order valence-electron chi connectivity index (χ2n) is 4.42. The molecular formula is C13H15N3O2S. The number of aliphatic carboxylic acids is 1. The number of hydrogen-bond donors (Lipinski definition) is 1. The zero-order valence-electron chi connectivity index (χ0n) is 11.1. The molecule has 0 unspecified atom stereocenters. The van der Waals surface area contributed by atoms with Crippen molar-refractivity contribution in [1.29, 1.82) is 0 Å². The van der Waals surface area contributed by atoms with Crippen LogP contribution in [0.15, 0.2) is 5.38 Å². The molecular weight excluding hydrogens is 262 g/mol. The Kier molecular flexibility index (Phi) is 3.90. The van der Waals surface area contributed by atoms with Gasteiger partial charge in [0.1, 0.15) is 10.8 Å². The normalized spacial score (nSPS) is 10.7. The second-order valence-corrected chi connectivity index (χ2v) is 5.36. The van der Waals surface area contributed by atoms with Crippen LogP contribution in [-0.4, -0.2) is 26.0 Å². The zero-order valence-corrected chi connectivity index (χ0v) is 11.9. The first-order valence-electron chi connectivity index (χ1n) is 5.91. The molecule has 0 aliphatic heterocycles. The van der Waals surface area contributed by atoms with Gasteiger partial charge in [-0.2, -0.15) is 0 Å². The van der Waals surface area contributed by atoms with Crippen LogP contribution in [0.5, 0.6) is 0 Å². The largest absolute Gasteiger partial charge is 0.481 e. The van der Waals surface area contributed by atoms with Gasteiger partial charge < -0.3 is 5.11 Å². The third kappa shape index (κ3) is 3.35. The molecule has 0 aromatic carbocycles. The molecule has 0 radical (unpaired) electrons. The third-order valence-electron chi connectivity index (χ3n) is 2.77. The summed E-state index contributed by atoms with van der Waals surface area (Å²) in [5.41, 5.74) is 3.17. The summed E-state index contributed by atoms with van der Waals surface area (Å²) < 4.78 is 0. The van der Waals surface area contributed by atoms with Crippen molar-refractivity contribution in [1.82, 2.24) is 15.0 Å². The summed E-state index contributed by atoms with van der Waals surface area (Å²) in [5.74, 6) is -0.170. The number of hydrogen-bond acceptors (Lipinski definition) is 5. The molecule has 2 aromatic heterocycles. The molecule has 2 heterocycles. The predicted molar refractivity (Wildman–Crippen MR) is 72.5 cm³/mol. The summed E-state index contributed by atoms with van der Waals surface area (Å²) in [6.45, 7) is 5.60. The van der Waals surface area contributed by atoms with Crippen molar-refractivity contribution < 1.29 is 9.90 Å². The average molecular weight is 277 g/mol. The quantitative estimate of drug-likeness (QED) is 0.926. The minimum Gasteiger partial charge on any atom is -0.481 e. The molecule has 0 aliphatic rings. The molecule has 0 atom stereocenters. The molecule has 2 rings (SSSR count). The van der Waals surface area contributed by atoms with Gasteiger partial charge in [-0.25, -0.2) is 15.0 Å². The fourth-order valence-electron chi connectivity index (χ4n) is 1.91. The van der Waals surface area contributed by atoms with Gasteiger partial charge in [-0.3, -0.25) is 4.79 Å². The van der Waals surface area contributed by atoms with Crippen molar-refractivity contribution in [2.75, 3.05) is 0 Å². The van der Waals surface area contributed by atoms with Gasteiger partial charge in [0, 0.05) is 28.0 Å². The molecule has 0 fully saturated rings. The number of aryl methyl sites for hydroxylation is 3. The monoisotopic (exact) mass is 277 g/mol. The molecule has 0 saturated heterocycles. The molecule has 0 saturated carbocycles. The first-order valence-corrected chi connectivity index (χ1v) is 6.79. The lowest BCUT2D eigenvalue weighted by atomic mass is 10.1. The van der Waals surface area contributed by atoms with Gasteiger partial charge in [-0.1, -0.05) is 0 Å². The molecule has 19 heavy (non-hydrogen) atoms. The molecule has 0 spiro atoms. The number of nitrogens with zero attached hydrogens (tertiary/aromatic N) is 3. The van der Waals surface area contributed by atoms with E-state index in [0.717, 1.165) is 22.1 Å². The zero-order chi connectivity index (χ0) is 14.0. The average Bonchev–Trinajstić information content (AvgIpc) is 2.69. The Hall–Kier alpha value is -1.82. The SMILES string of the molecule is Cc1csc(Cc2nc(C)c(CC(=O)O)c(C)n2)n1. The number of carboxylic acids is 1. The molecule has 100 valence electrons. The standard InChI is InChI=1S/C13H15N3O2S/c1-7-6-19-12(14-7)5-11-15-8(2)10(4-13(17)18)9(3)16-11/h6H,4-5H2,1-3H3,(H,17,18). The van der Waals surface area contributed by atoms with Gasteiger partial charge in [-0.05, 0) is 20.8 Å². The van der Waals surface area contributed by atoms with Crippen LogP contribution in [0.2, 0.25) is 0 Å². The van der Waals surface area contributed by atoms with Crippen LogP contribution in [0.25, 0.3) is 0 Å². The summed E-state index contributed by atoms with van der Waals surface area (Å²) in [4.78, 5) is 23.9. The summed E-state index contributed by atoms with van der Waals surface area (Å²) in [6.07, 6.45) is 0.557. The van der Waals surface area contributed by atoms with Crippen molar-refractivity contribution in [3.05, 3.63) is 38.9 Å². The van der Waals surface area contributed by atoms with E-state index in [9.17, 15) is 4.79 Å². The summed E-state index contributed by atoms with van der Waals surface area (Å²) in [7, 11) is 0. The van der Waals surface area contributed by atoms with Crippen LogP contribution in [-0.2, 0) is 17.6 Å². The van der Waals surface area contributed by atoms with Gasteiger partial charge in [0.05, 0.1) is 12.8 Å². The van der Waals surface area contributed by atoms with Gasteiger partial charge in [-0.15, -0.1) is 11.3 Å². The van der Waals surface area contributed by atoms with E-state index in [2.05, 4.69) is 15.0 Å². The van der Waals surface area contributed by atoms with Gasteiger partial charge in [0.2, 0.25) is 0 Å². The lowest BCUT2D eigenvalue weighted by Crippen LogP contribution is -2.10. The predicted octanol–water partition coefficient (Wildman–Crippen LogP) is 2.08. The summed E-state index contributed by atoms with van der Waals surface area (Å²) in [6, 6.07) is 0. The van der Waals surface area contributed by atoms with Crippen LogP contribution in [0.1, 0.15) is 33.5 Å². The maximum Gasteiger partial charge on any atom is 0.307 e. The highest BCUT2D eigenvalue weighted by molar-refractivity contribution is 7.09. The number of rotatable bonds is 4. The van der Waals surface area contributed by atoms with E-state index in [4.69, 9.17) is 5.11 Å². The van der Waals surface area contributed by atoms with Crippen molar-refractivity contribution in [3.8, 4) is 0 Å². The van der Waals surface area contributed by atoms with E-state index in [1.165, 1.54) is 0 Å². The molecule has 1 N–H and O–H groups in total. The minimum absolute atomic E-state index is 0.0334. The van der Waals surface area contributed by atoms with Crippen LogP contribution in [0.4, 0.5) is 0 Å². The first-order chi connectivity index (χ1) is 8.95. The van der Waals surface area contributed by atoms with E-state index in [-0.39, 0.29) is 6.42 Å². The van der Waals surface area contributed by atoms with Gasteiger partial charge in [0.25, 0.3) is 0 Å². The number of carbonyl (C=O) groups is 1. The summed E-state index contributed by atoms with van der Waals surface area (Å²) >= 11 is 1.59. The van der Waals surface area contributed by atoms with Crippen LogP contribution in [0, 0.1) is 20.8 Å². The highest BCUT2D eigenvalue weighted by Gasteiger charge is 2.12. The molecule has 5 nitrogen and oxygen atoms in total. The Bertz CT molecular complexity index is 599. The van der Waals surface area contributed by atoms with Gasteiger partial charge >= 0.3 is 5.97 Å². The summed E-state index contributed by atoms with van der Waals surface area (Å²) in [5, 5.41) is 11.8. The minimum atomic E-state index is -0.863. The number of carboxylic acid groups (broad SMARTS) is 1. The molecule has 0 aliphatic carbocycles. The lowest BCUT2D eigenvalue weighted by Gasteiger charge is -2.08. The Morgan fingerprint density at radius 3 is 2.32 bits per heavy atom. The second kappa shape index (κ2) is 5.44. The van der Waals surface area contributed by atoms with Crippen molar-refractivity contribution in [3.63, 3.8) is 0 Å². The van der Waals surface area contributed by atoms with E-state index < -0.39 is 5.97 Å². The van der Waals surface area contributed by atoms with Crippen molar-refractivity contribution >= 4 is 17.3 Å². The fraction of sp³-hybridized carbons (Fsp3) is 0.385. The van der Waals surface area contributed by atoms with E-state index in [1.54, 1.807) is 11.3 Å². The highest BCUT2D eigenvalue weighted by Crippen LogP contribution is 2.15. The van der Waals surface area contributed by atoms with Gasteiger partial charge in [0.15, 0.2) is 0 Å². The Morgan fingerprint density at radius 2 is 1.84 bits per heavy atom. The topological polar surface area (TPSA) is 76.0 Å². The van der Waals surface area contributed by atoms with Crippen molar-refractivity contribution in [2.45, 2.75) is 33.6 Å². The Labute approximate surface area is 115 Å². The molecule has 0 bridgehead atoms. The Morgan fingerprint density at radius 1 is 1.21 bits per heavy atom. The highest BCUT2D eigenvalue weighted by atomic mass is 32.1. The maximum absolute atomic E-state index is 10.8. The van der Waals surface area contributed by atoms with E-state index in [1.807, 2.05) is 26.2 Å². The molecule has 6 heteroatoms. The van der Waals surface area contributed by atoms with Crippen molar-refractivity contribution in [2.24, 2.45) is 0 Å². The maximum atomic E-state index is 10.8.